The quantitative estimate of drug-likeness (QED) is 0.749. The second kappa shape index (κ2) is 7.86. The van der Waals surface area contributed by atoms with Crippen LogP contribution in [0.25, 0.3) is 5.57 Å². The molecule has 1 aromatic carbocycles. The van der Waals surface area contributed by atoms with Crippen molar-refractivity contribution in [2.75, 3.05) is 33.9 Å². The van der Waals surface area contributed by atoms with E-state index in [1.165, 1.54) is 14.2 Å². The van der Waals surface area contributed by atoms with E-state index >= 15 is 0 Å². The molecule has 0 N–H and O–H groups in total. The third kappa shape index (κ3) is 3.88. The van der Waals surface area contributed by atoms with Crippen LogP contribution in [0.4, 0.5) is 4.79 Å². The van der Waals surface area contributed by atoms with E-state index in [4.69, 9.17) is 14.2 Å². The van der Waals surface area contributed by atoms with Crippen molar-refractivity contribution in [2.45, 2.75) is 20.3 Å². The van der Waals surface area contributed by atoms with Gasteiger partial charge in [-0.2, -0.15) is 0 Å². The Morgan fingerprint density at radius 2 is 2.12 bits per heavy atom. The van der Waals surface area contributed by atoms with Crippen molar-refractivity contribution in [1.82, 2.24) is 4.90 Å². The zero-order valence-electron chi connectivity index (χ0n) is 14.5. The Bertz CT molecular complexity index is 666. The van der Waals surface area contributed by atoms with Gasteiger partial charge in [0.1, 0.15) is 17.9 Å². The third-order valence-electron chi connectivity index (χ3n) is 4.03. The standard InChI is InChI=1S/C18H23NO5/c1-12(6-5-7-19-8-9-24-18(19)21)14-10-13(2)16(22-3)15(11-14)17(20)23-4/h6,10-11H,5,7-9H2,1-4H3/b12-6-. The summed E-state index contributed by atoms with van der Waals surface area (Å²) in [6.07, 6.45) is 2.52. The normalized spacial score (nSPS) is 14.6. The Morgan fingerprint density at radius 1 is 1.38 bits per heavy atom. The van der Waals surface area contributed by atoms with Crippen LogP contribution in [0.5, 0.6) is 5.75 Å². The maximum atomic E-state index is 12.0. The van der Waals surface area contributed by atoms with E-state index in [9.17, 15) is 9.59 Å². The van der Waals surface area contributed by atoms with Crippen LogP contribution in [0.15, 0.2) is 18.2 Å². The molecule has 6 heteroatoms. The first-order valence-electron chi connectivity index (χ1n) is 7.83. The number of allylic oxidation sites excluding steroid dienone is 1. The Morgan fingerprint density at radius 3 is 2.71 bits per heavy atom. The average molecular weight is 333 g/mol. The van der Waals surface area contributed by atoms with Gasteiger partial charge in [-0.3, -0.25) is 0 Å². The highest BCUT2D eigenvalue weighted by molar-refractivity contribution is 5.94. The second-order valence-corrected chi connectivity index (χ2v) is 5.64. The fourth-order valence-electron chi connectivity index (χ4n) is 2.72. The van der Waals surface area contributed by atoms with Gasteiger partial charge in [0, 0.05) is 6.54 Å². The molecule has 0 aromatic heterocycles. The summed E-state index contributed by atoms with van der Waals surface area (Å²) in [5, 5.41) is 0. The highest BCUT2D eigenvalue weighted by atomic mass is 16.6. The van der Waals surface area contributed by atoms with Crippen LogP contribution in [0.3, 0.4) is 0 Å². The smallest absolute Gasteiger partial charge is 0.409 e. The second-order valence-electron chi connectivity index (χ2n) is 5.64. The molecule has 1 saturated heterocycles. The fraction of sp³-hybridized carbons (Fsp3) is 0.444. The molecule has 1 aromatic rings. The van der Waals surface area contributed by atoms with Crippen LogP contribution in [0.1, 0.15) is 34.8 Å². The molecule has 1 amide bonds. The number of carbonyl (C=O) groups is 2. The highest BCUT2D eigenvalue weighted by Crippen LogP contribution is 2.29. The van der Waals surface area contributed by atoms with Crippen LogP contribution in [-0.4, -0.2) is 50.9 Å². The van der Waals surface area contributed by atoms with Gasteiger partial charge in [0.2, 0.25) is 0 Å². The van der Waals surface area contributed by atoms with E-state index in [0.717, 1.165) is 23.1 Å². The molecular formula is C18H23NO5. The lowest BCUT2D eigenvalue weighted by Crippen LogP contribution is -2.24. The van der Waals surface area contributed by atoms with E-state index in [0.29, 0.717) is 31.0 Å². The van der Waals surface area contributed by atoms with Gasteiger partial charge in [-0.25, -0.2) is 9.59 Å². The van der Waals surface area contributed by atoms with Gasteiger partial charge in [-0.15, -0.1) is 0 Å². The molecule has 0 spiro atoms. The Kier molecular flexibility index (Phi) is 5.84. The summed E-state index contributed by atoms with van der Waals surface area (Å²) in [4.78, 5) is 25.1. The van der Waals surface area contributed by atoms with E-state index in [1.807, 2.05) is 26.0 Å². The third-order valence-corrected chi connectivity index (χ3v) is 4.03. The first-order chi connectivity index (χ1) is 11.5. The lowest BCUT2D eigenvalue weighted by molar-refractivity contribution is 0.0597. The first kappa shape index (κ1) is 17.8. The molecule has 24 heavy (non-hydrogen) atoms. The van der Waals surface area contributed by atoms with Gasteiger partial charge in [-0.05, 0) is 49.1 Å². The molecule has 0 atom stereocenters. The summed E-state index contributed by atoms with van der Waals surface area (Å²) in [6.45, 7) is 5.59. The summed E-state index contributed by atoms with van der Waals surface area (Å²) < 4.78 is 15.1. The van der Waals surface area contributed by atoms with Crippen molar-refractivity contribution >= 4 is 17.6 Å². The molecule has 1 aliphatic heterocycles. The van der Waals surface area contributed by atoms with Crippen LogP contribution in [0.2, 0.25) is 0 Å². The van der Waals surface area contributed by atoms with Crippen molar-refractivity contribution in [1.29, 1.82) is 0 Å². The summed E-state index contributed by atoms with van der Waals surface area (Å²) in [6, 6.07) is 3.74. The molecule has 0 bridgehead atoms. The lowest BCUT2D eigenvalue weighted by Gasteiger charge is -2.14. The molecule has 2 rings (SSSR count). The van der Waals surface area contributed by atoms with E-state index in [-0.39, 0.29) is 6.09 Å². The minimum atomic E-state index is -0.426. The van der Waals surface area contributed by atoms with Gasteiger partial charge >= 0.3 is 12.1 Å². The van der Waals surface area contributed by atoms with Gasteiger partial charge in [0.25, 0.3) is 0 Å². The number of benzene rings is 1. The summed E-state index contributed by atoms with van der Waals surface area (Å²) in [5.41, 5.74) is 3.23. The number of methoxy groups -OCH3 is 2. The van der Waals surface area contributed by atoms with E-state index in [1.54, 1.807) is 11.0 Å². The van der Waals surface area contributed by atoms with Gasteiger partial charge in [0.15, 0.2) is 0 Å². The number of nitrogens with zero attached hydrogens (tertiary/aromatic N) is 1. The minimum Gasteiger partial charge on any atom is -0.496 e. The number of rotatable bonds is 6. The van der Waals surface area contributed by atoms with E-state index < -0.39 is 5.97 Å². The largest absolute Gasteiger partial charge is 0.496 e. The molecule has 0 aliphatic carbocycles. The number of hydrogen-bond acceptors (Lipinski definition) is 5. The summed E-state index contributed by atoms with van der Waals surface area (Å²) >= 11 is 0. The number of carbonyl (C=O) groups excluding carboxylic acids is 2. The highest BCUT2D eigenvalue weighted by Gasteiger charge is 2.20. The molecule has 130 valence electrons. The predicted octanol–water partition coefficient (Wildman–Crippen LogP) is 3.04. The molecule has 0 saturated carbocycles. The minimum absolute atomic E-state index is 0.255. The fourth-order valence-corrected chi connectivity index (χ4v) is 2.72. The Hall–Kier alpha value is -2.50. The Labute approximate surface area is 142 Å². The lowest BCUT2D eigenvalue weighted by atomic mass is 9.99. The van der Waals surface area contributed by atoms with Crippen molar-refractivity contribution in [3.8, 4) is 5.75 Å². The van der Waals surface area contributed by atoms with Crippen molar-refractivity contribution in [2.24, 2.45) is 0 Å². The first-order valence-corrected chi connectivity index (χ1v) is 7.83. The summed E-state index contributed by atoms with van der Waals surface area (Å²) in [7, 11) is 2.88. The molecule has 0 radical (unpaired) electrons. The molecule has 1 aliphatic rings. The number of aryl methyl sites for hydroxylation is 1. The van der Waals surface area contributed by atoms with Crippen LogP contribution >= 0.6 is 0 Å². The Balaban J connectivity index is 2.17. The molecule has 0 unspecified atom stereocenters. The van der Waals surface area contributed by atoms with Gasteiger partial charge in [-0.1, -0.05) is 6.08 Å². The van der Waals surface area contributed by atoms with Gasteiger partial charge < -0.3 is 19.1 Å². The summed E-state index contributed by atoms with van der Waals surface area (Å²) in [5.74, 6) is 0.0997. The van der Waals surface area contributed by atoms with Crippen LogP contribution in [-0.2, 0) is 9.47 Å². The van der Waals surface area contributed by atoms with Crippen molar-refractivity contribution < 1.29 is 23.8 Å². The maximum Gasteiger partial charge on any atom is 0.409 e. The van der Waals surface area contributed by atoms with Crippen molar-refractivity contribution in [3.05, 3.63) is 34.9 Å². The molecule has 1 fully saturated rings. The molecule has 6 nitrogen and oxygen atoms in total. The van der Waals surface area contributed by atoms with Crippen LogP contribution < -0.4 is 4.74 Å². The molecular weight excluding hydrogens is 310 g/mol. The maximum absolute atomic E-state index is 12.0. The zero-order chi connectivity index (χ0) is 17.7. The number of cyclic esters (lactones) is 1. The average Bonchev–Trinajstić information content (AvgIpc) is 2.98. The number of esters is 1. The topological polar surface area (TPSA) is 65.1 Å². The monoisotopic (exact) mass is 333 g/mol. The van der Waals surface area contributed by atoms with Crippen molar-refractivity contribution in [3.63, 3.8) is 0 Å². The van der Waals surface area contributed by atoms with Crippen LogP contribution in [0, 0.1) is 6.92 Å². The number of ether oxygens (including phenoxy) is 3. The SMILES string of the molecule is COC(=O)c1cc(/C(C)=C\CCN2CCOC2=O)cc(C)c1OC. The zero-order valence-corrected chi connectivity index (χ0v) is 14.5. The predicted molar refractivity (Wildman–Crippen MR) is 90.3 cm³/mol. The van der Waals surface area contributed by atoms with E-state index in [2.05, 4.69) is 0 Å². The number of hydrogen-bond donors (Lipinski definition) is 0. The van der Waals surface area contributed by atoms with Gasteiger partial charge in [0.05, 0.1) is 20.8 Å². The molecule has 1 heterocycles. The number of amides is 1.